The number of carbonyl (C=O) groups is 1. The molecular formula is C10H13NO. The van der Waals surface area contributed by atoms with Crippen molar-refractivity contribution < 1.29 is 4.79 Å². The molecule has 64 valence electrons. The first-order chi connectivity index (χ1) is 5.72. The smallest absolute Gasteiger partial charge is 0.224 e. The summed E-state index contributed by atoms with van der Waals surface area (Å²) in [5.74, 6) is 0.0545. The van der Waals surface area contributed by atoms with Crippen molar-refractivity contribution in [2.45, 2.75) is 13.3 Å². The van der Waals surface area contributed by atoms with Gasteiger partial charge in [0, 0.05) is 7.05 Å². The van der Waals surface area contributed by atoms with Gasteiger partial charge in [-0.1, -0.05) is 29.8 Å². The molecule has 1 rings (SSSR count). The van der Waals surface area contributed by atoms with Crippen molar-refractivity contribution >= 4 is 5.91 Å². The minimum atomic E-state index is 0.0545. The summed E-state index contributed by atoms with van der Waals surface area (Å²) in [4.78, 5) is 11.0. The van der Waals surface area contributed by atoms with E-state index in [1.165, 1.54) is 5.56 Å². The van der Waals surface area contributed by atoms with E-state index in [9.17, 15) is 4.79 Å². The molecule has 12 heavy (non-hydrogen) atoms. The van der Waals surface area contributed by atoms with Gasteiger partial charge < -0.3 is 5.32 Å². The van der Waals surface area contributed by atoms with E-state index >= 15 is 0 Å². The Bertz CT molecular complexity index is 264. The Kier molecular flexibility index (Phi) is 2.86. The number of amides is 1. The quantitative estimate of drug-likeness (QED) is 0.699. The summed E-state index contributed by atoms with van der Waals surface area (Å²) in [6, 6.07) is 7.98. The average Bonchev–Trinajstić information content (AvgIpc) is 2.09. The second-order valence-electron chi connectivity index (χ2n) is 2.84. The van der Waals surface area contributed by atoms with Crippen molar-refractivity contribution in [1.82, 2.24) is 5.32 Å². The molecule has 0 heterocycles. The first kappa shape index (κ1) is 8.78. The SMILES string of the molecule is CNC(=O)Cc1ccc(C)cc1. The van der Waals surface area contributed by atoms with Crippen molar-refractivity contribution in [3.63, 3.8) is 0 Å². The maximum atomic E-state index is 11.0. The molecule has 0 radical (unpaired) electrons. The number of likely N-dealkylation sites (N-methyl/N-ethyl adjacent to an activating group) is 1. The molecule has 1 aromatic rings. The molecule has 0 aromatic heterocycles. The van der Waals surface area contributed by atoms with Crippen LogP contribution in [0.2, 0.25) is 0 Å². The number of hydrogen-bond donors (Lipinski definition) is 1. The van der Waals surface area contributed by atoms with Crippen LogP contribution in [-0.4, -0.2) is 13.0 Å². The second kappa shape index (κ2) is 3.90. The van der Waals surface area contributed by atoms with Gasteiger partial charge in [-0.15, -0.1) is 0 Å². The predicted molar refractivity (Wildman–Crippen MR) is 48.9 cm³/mol. The minimum absolute atomic E-state index is 0.0545. The Morgan fingerprint density at radius 3 is 2.42 bits per heavy atom. The van der Waals surface area contributed by atoms with E-state index in [1.54, 1.807) is 7.05 Å². The lowest BCUT2D eigenvalue weighted by atomic mass is 10.1. The largest absolute Gasteiger partial charge is 0.359 e. The van der Waals surface area contributed by atoms with E-state index in [0.717, 1.165) is 5.56 Å². The summed E-state index contributed by atoms with van der Waals surface area (Å²) in [6.45, 7) is 2.03. The highest BCUT2D eigenvalue weighted by Gasteiger charge is 1.98. The van der Waals surface area contributed by atoms with Crippen LogP contribution in [0.3, 0.4) is 0 Å². The van der Waals surface area contributed by atoms with Gasteiger partial charge in [-0.05, 0) is 12.5 Å². The highest BCUT2D eigenvalue weighted by molar-refractivity contribution is 5.78. The van der Waals surface area contributed by atoms with Crippen molar-refractivity contribution in [2.24, 2.45) is 0 Å². The number of rotatable bonds is 2. The Morgan fingerprint density at radius 2 is 1.92 bits per heavy atom. The molecule has 2 heteroatoms. The molecule has 1 aromatic carbocycles. The van der Waals surface area contributed by atoms with Gasteiger partial charge in [0.1, 0.15) is 0 Å². The molecule has 0 fully saturated rings. The lowest BCUT2D eigenvalue weighted by Crippen LogP contribution is -2.19. The Labute approximate surface area is 72.6 Å². The first-order valence-electron chi connectivity index (χ1n) is 3.98. The number of benzene rings is 1. The third kappa shape index (κ3) is 2.38. The van der Waals surface area contributed by atoms with Gasteiger partial charge in [-0.25, -0.2) is 0 Å². The molecule has 0 saturated carbocycles. The Hall–Kier alpha value is -1.31. The normalized spacial score (nSPS) is 9.50. The van der Waals surface area contributed by atoms with Crippen molar-refractivity contribution in [3.05, 3.63) is 35.4 Å². The van der Waals surface area contributed by atoms with Gasteiger partial charge in [0.2, 0.25) is 5.91 Å². The van der Waals surface area contributed by atoms with Gasteiger partial charge in [0.15, 0.2) is 0 Å². The molecular weight excluding hydrogens is 150 g/mol. The molecule has 0 atom stereocenters. The molecule has 0 aliphatic heterocycles. The topological polar surface area (TPSA) is 29.1 Å². The standard InChI is InChI=1S/C10H13NO/c1-8-3-5-9(6-4-8)7-10(12)11-2/h3-6H,7H2,1-2H3,(H,11,12). The molecule has 0 unspecified atom stereocenters. The number of carbonyl (C=O) groups excluding carboxylic acids is 1. The first-order valence-corrected chi connectivity index (χ1v) is 3.98. The van der Waals surface area contributed by atoms with Crippen LogP contribution < -0.4 is 5.32 Å². The fourth-order valence-electron chi connectivity index (χ4n) is 0.980. The van der Waals surface area contributed by atoms with Gasteiger partial charge in [-0.3, -0.25) is 4.79 Å². The molecule has 0 spiro atoms. The fourth-order valence-corrected chi connectivity index (χ4v) is 0.980. The summed E-state index contributed by atoms with van der Waals surface area (Å²) in [5, 5.41) is 2.59. The molecule has 0 aliphatic rings. The lowest BCUT2D eigenvalue weighted by molar-refractivity contribution is -0.119. The summed E-state index contributed by atoms with van der Waals surface area (Å²) in [6.07, 6.45) is 0.469. The molecule has 0 saturated heterocycles. The molecule has 0 aliphatic carbocycles. The van der Waals surface area contributed by atoms with Gasteiger partial charge in [0.05, 0.1) is 6.42 Å². The Morgan fingerprint density at radius 1 is 1.33 bits per heavy atom. The zero-order valence-corrected chi connectivity index (χ0v) is 7.42. The zero-order valence-electron chi connectivity index (χ0n) is 7.42. The van der Waals surface area contributed by atoms with E-state index in [-0.39, 0.29) is 5.91 Å². The maximum absolute atomic E-state index is 11.0. The fraction of sp³-hybridized carbons (Fsp3) is 0.300. The monoisotopic (exact) mass is 163 g/mol. The van der Waals surface area contributed by atoms with Crippen LogP contribution in [0.25, 0.3) is 0 Å². The van der Waals surface area contributed by atoms with Crippen LogP contribution in [-0.2, 0) is 11.2 Å². The van der Waals surface area contributed by atoms with E-state index < -0.39 is 0 Å². The Balaban J connectivity index is 2.64. The lowest BCUT2D eigenvalue weighted by Gasteiger charge is -1.99. The third-order valence-corrected chi connectivity index (χ3v) is 1.76. The molecule has 2 nitrogen and oxygen atoms in total. The number of nitrogens with one attached hydrogen (secondary N) is 1. The summed E-state index contributed by atoms with van der Waals surface area (Å²) < 4.78 is 0. The van der Waals surface area contributed by atoms with E-state index in [4.69, 9.17) is 0 Å². The minimum Gasteiger partial charge on any atom is -0.359 e. The molecule has 0 bridgehead atoms. The van der Waals surface area contributed by atoms with Crippen LogP contribution in [0.4, 0.5) is 0 Å². The average molecular weight is 163 g/mol. The number of aryl methyl sites for hydroxylation is 1. The second-order valence-corrected chi connectivity index (χ2v) is 2.84. The van der Waals surface area contributed by atoms with Gasteiger partial charge >= 0.3 is 0 Å². The van der Waals surface area contributed by atoms with Gasteiger partial charge in [0.25, 0.3) is 0 Å². The molecule has 1 N–H and O–H groups in total. The highest BCUT2D eigenvalue weighted by atomic mass is 16.1. The molecule has 1 amide bonds. The van der Waals surface area contributed by atoms with Crippen LogP contribution in [0, 0.1) is 6.92 Å². The van der Waals surface area contributed by atoms with Crippen LogP contribution in [0.15, 0.2) is 24.3 Å². The summed E-state index contributed by atoms with van der Waals surface area (Å²) >= 11 is 0. The van der Waals surface area contributed by atoms with E-state index in [0.29, 0.717) is 6.42 Å². The third-order valence-electron chi connectivity index (χ3n) is 1.76. The van der Waals surface area contributed by atoms with Crippen molar-refractivity contribution in [3.8, 4) is 0 Å². The van der Waals surface area contributed by atoms with Crippen LogP contribution in [0.5, 0.6) is 0 Å². The summed E-state index contributed by atoms with van der Waals surface area (Å²) in [5.41, 5.74) is 2.27. The van der Waals surface area contributed by atoms with Crippen molar-refractivity contribution in [2.75, 3.05) is 7.05 Å². The maximum Gasteiger partial charge on any atom is 0.224 e. The van der Waals surface area contributed by atoms with E-state index in [2.05, 4.69) is 5.32 Å². The van der Waals surface area contributed by atoms with Gasteiger partial charge in [-0.2, -0.15) is 0 Å². The number of hydrogen-bond acceptors (Lipinski definition) is 1. The predicted octanol–water partition coefficient (Wildman–Crippen LogP) is 1.28. The van der Waals surface area contributed by atoms with Crippen molar-refractivity contribution in [1.29, 1.82) is 0 Å². The highest BCUT2D eigenvalue weighted by Crippen LogP contribution is 2.03. The van der Waals surface area contributed by atoms with Crippen LogP contribution in [0.1, 0.15) is 11.1 Å². The van der Waals surface area contributed by atoms with E-state index in [1.807, 2.05) is 31.2 Å². The zero-order chi connectivity index (χ0) is 8.97. The summed E-state index contributed by atoms with van der Waals surface area (Å²) in [7, 11) is 1.65. The van der Waals surface area contributed by atoms with Crippen LogP contribution >= 0.6 is 0 Å².